The van der Waals surface area contributed by atoms with E-state index in [0.29, 0.717) is 32.7 Å². The molecule has 0 radical (unpaired) electrons. The van der Waals surface area contributed by atoms with E-state index in [-0.39, 0.29) is 61.7 Å². The van der Waals surface area contributed by atoms with E-state index >= 15 is 0 Å². The average Bonchev–Trinajstić information content (AvgIpc) is 3.79. The lowest BCUT2D eigenvalue weighted by atomic mass is 9.81. The Morgan fingerprint density at radius 1 is 1.00 bits per heavy atom. The molecule has 3 unspecified atom stereocenters. The van der Waals surface area contributed by atoms with Gasteiger partial charge in [-0.1, -0.05) is 29.5 Å². The van der Waals surface area contributed by atoms with Gasteiger partial charge in [-0.15, -0.1) is 32.9 Å². The molecule has 4 fully saturated rings. The van der Waals surface area contributed by atoms with Gasteiger partial charge < -0.3 is 25.5 Å². The Balaban J connectivity index is 0.849. The molecule has 4 aliphatic rings. The molecule has 3 aromatic heterocycles. The number of thiazole rings is 2. The Bertz CT molecular complexity index is 1530. The molecule has 20 heteroatoms. The zero-order chi connectivity index (χ0) is 32.1. The van der Waals surface area contributed by atoms with Gasteiger partial charge in [0.15, 0.2) is 10.3 Å². The van der Waals surface area contributed by atoms with Crippen LogP contribution in [0.5, 0.6) is 0 Å². The molecular formula is C26H32F4N10O2S4. The highest BCUT2D eigenvalue weighted by molar-refractivity contribution is 8.00. The molecule has 5 atom stereocenters. The van der Waals surface area contributed by atoms with Gasteiger partial charge in [0, 0.05) is 23.1 Å². The van der Waals surface area contributed by atoms with Crippen LogP contribution in [0, 0.1) is 5.92 Å². The van der Waals surface area contributed by atoms with Crippen LogP contribution in [0.4, 0.5) is 33.0 Å². The number of nitrogens with one attached hydrogen (secondary N) is 4. The van der Waals surface area contributed by atoms with Crippen molar-refractivity contribution in [2.45, 2.75) is 73.4 Å². The molecule has 0 spiro atoms. The topological polar surface area (TPSA) is 143 Å². The number of aliphatic hydroxyl groups is 1. The number of halogens is 4. The summed E-state index contributed by atoms with van der Waals surface area (Å²) < 4.78 is 52.7. The third-order valence-corrected chi connectivity index (χ3v) is 12.4. The van der Waals surface area contributed by atoms with Crippen LogP contribution >= 0.6 is 45.8 Å². The fraction of sp³-hybridized carbons (Fsp3) is 0.654. The number of aromatic nitrogens is 4. The molecule has 6 heterocycles. The van der Waals surface area contributed by atoms with Gasteiger partial charge in [0.25, 0.3) is 11.8 Å². The second-order valence-corrected chi connectivity index (χ2v) is 16.0. The van der Waals surface area contributed by atoms with Crippen LogP contribution in [0.2, 0.25) is 0 Å². The van der Waals surface area contributed by atoms with Crippen LogP contribution in [0.3, 0.4) is 0 Å². The minimum Gasteiger partial charge on any atom is -0.373 e. The minimum atomic E-state index is -2.67. The molecule has 1 amide bonds. The van der Waals surface area contributed by atoms with E-state index in [2.05, 4.69) is 41.7 Å². The normalized spacial score (nSPS) is 27.6. The van der Waals surface area contributed by atoms with Crippen molar-refractivity contribution < 1.29 is 27.5 Å². The molecule has 0 bridgehead atoms. The molecule has 3 aliphatic heterocycles. The van der Waals surface area contributed by atoms with Gasteiger partial charge in [-0.25, -0.2) is 38.4 Å². The predicted octanol–water partition coefficient (Wildman–Crippen LogP) is 3.42. The van der Waals surface area contributed by atoms with Crippen molar-refractivity contribution in [2.75, 3.05) is 41.3 Å². The number of carbonyl (C=O) groups is 1. The fourth-order valence-electron chi connectivity index (χ4n) is 5.96. The van der Waals surface area contributed by atoms with Crippen LogP contribution in [0.25, 0.3) is 0 Å². The quantitative estimate of drug-likeness (QED) is 0.146. The molecule has 3 aromatic rings. The highest BCUT2D eigenvalue weighted by atomic mass is 32.2. The number of alkyl halides is 4. The summed E-state index contributed by atoms with van der Waals surface area (Å²) in [5.41, 5.74) is 7.34. The first kappa shape index (κ1) is 32.2. The summed E-state index contributed by atoms with van der Waals surface area (Å²) in [5.74, 6) is -4.98. The van der Waals surface area contributed by atoms with Gasteiger partial charge >= 0.3 is 0 Å². The van der Waals surface area contributed by atoms with Crippen molar-refractivity contribution in [2.24, 2.45) is 5.92 Å². The summed E-state index contributed by atoms with van der Waals surface area (Å²) in [7, 11) is 0. The van der Waals surface area contributed by atoms with Crippen LogP contribution in [0.1, 0.15) is 48.0 Å². The second-order valence-electron chi connectivity index (χ2n) is 12.1. The average molecular weight is 721 g/mol. The number of nitrogens with zero attached hydrogens (tertiary/aromatic N) is 6. The summed E-state index contributed by atoms with van der Waals surface area (Å²) in [6.45, 7) is -1.34. The number of aliphatic hydroxyl groups excluding tert-OH is 1. The van der Waals surface area contributed by atoms with Crippen LogP contribution in [0.15, 0.2) is 10.8 Å². The molecule has 1 saturated carbocycles. The van der Waals surface area contributed by atoms with E-state index in [9.17, 15) is 27.5 Å². The van der Waals surface area contributed by atoms with Gasteiger partial charge in [0.05, 0.1) is 49.4 Å². The highest BCUT2D eigenvalue weighted by Crippen LogP contribution is 2.42. The Hall–Kier alpha value is -2.36. The number of amides is 1. The summed E-state index contributed by atoms with van der Waals surface area (Å²) in [5, 5.41) is 31.2. The van der Waals surface area contributed by atoms with Crippen molar-refractivity contribution in [1.82, 2.24) is 36.3 Å². The molecular weight excluding hydrogens is 689 g/mol. The molecule has 46 heavy (non-hydrogen) atoms. The van der Waals surface area contributed by atoms with Gasteiger partial charge in [-0.05, 0) is 25.2 Å². The molecule has 7 rings (SSSR count). The van der Waals surface area contributed by atoms with Gasteiger partial charge in [-0.3, -0.25) is 4.79 Å². The van der Waals surface area contributed by atoms with Crippen molar-refractivity contribution in [3.8, 4) is 0 Å². The molecule has 1 aliphatic carbocycles. The first-order chi connectivity index (χ1) is 22.0. The Labute approximate surface area is 277 Å². The number of hydrazine groups is 1. The first-order valence-electron chi connectivity index (χ1n) is 14.9. The largest absolute Gasteiger partial charge is 0.373 e. The molecule has 3 saturated heterocycles. The summed E-state index contributed by atoms with van der Waals surface area (Å²) in [6, 6.07) is 0. The summed E-state index contributed by atoms with van der Waals surface area (Å²) in [4.78, 5) is 24.4. The third-order valence-electron chi connectivity index (χ3n) is 8.21. The summed E-state index contributed by atoms with van der Waals surface area (Å²) in [6.07, 6.45) is 3.29. The number of rotatable bonds is 11. The second kappa shape index (κ2) is 12.9. The maximum atomic E-state index is 13.2. The standard InChI is InChI=1S/C26H32F4N10O2S4/c27-25(28)9-39(10-25)23-31-15(7-43-23)5-17(41)33-21-37-35-19(45-21)13-2-1-3-14(4-13)20-36-38-22(46-20)34-18(42)6-16-8-44-24(32-16)40-11-26(29,30)12-40/h7-8,13-14,17,20,22,36,38,41H,1-6,9-12H2,(H,33,37)(H,34,42)/t13-,14-,17?,20?,22?/m0/s1. The lowest BCUT2D eigenvalue weighted by Crippen LogP contribution is -2.56. The van der Waals surface area contributed by atoms with Crippen molar-refractivity contribution in [3.05, 3.63) is 27.2 Å². The number of thioether (sulfide) groups is 1. The predicted molar refractivity (Wildman–Crippen MR) is 170 cm³/mol. The minimum absolute atomic E-state index is 0.0721. The van der Waals surface area contributed by atoms with E-state index < -0.39 is 18.1 Å². The Morgan fingerprint density at radius 3 is 2.37 bits per heavy atom. The van der Waals surface area contributed by atoms with Crippen LogP contribution in [-0.2, 0) is 17.6 Å². The fourth-order valence-corrected chi connectivity index (χ4v) is 9.80. The van der Waals surface area contributed by atoms with Crippen molar-refractivity contribution >= 4 is 67.1 Å². The zero-order valence-corrected chi connectivity index (χ0v) is 27.6. The lowest BCUT2D eigenvalue weighted by molar-refractivity contribution is -0.120. The molecule has 12 nitrogen and oxygen atoms in total. The number of carbonyl (C=O) groups excluding carboxylic acids is 1. The van der Waals surface area contributed by atoms with Crippen molar-refractivity contribution in [1.29, 1.82) is 0 Å². The number of hydrogen-bond acceptors (Lipinski definition) is 15. The lowest BCUT2D eigenvalue weighted by Gasteiger charge is -2.38. The van der Waals surface area contributed by atoms with E-state index in [1.165, 1.54) is 43.8 Å². The maximum absolute atomic E-state index is 13.2. The number of hydrogen-bond donors (Lipinski definition) is 5. The van der Waals surface area contributed by atoms with Gasteiger partial charge in [0.1, 0.15) is 16.7 Å². The monoisotopic (exact) mass is 720 g/mol. The summed E-state index contributed by atoms with van der Waals surface area (Å²) >= 11 is 5.58. The van der Waals surface area contributed by atoms with Crippen LogP contribution in [-0.4, -0.2) is 86.3 Å². The molecule has 250 valence electrons. The number of anilines is 3. The third kappa shape index (κ3) is 7.52. The smallest absolute Gasteiger partial charge is 0.282 e. The van der Waals surface area contributed by atoms with E-state index in [0.717, 1.165) is 30.7 Å². The van der Waals surface area contributed by atoms with Gasteiger partial charge in [-0.2, -0.15) is 0 Å². The van der Waals surface area contributed by atoms with Crippen molar-refractivity contribution in [3.63, 3.8) is 0 Å². The van der Waals surface area contributed by atoms with E-state index in [1.807, 2.05) is 0 Å². The van der Waals surface area contributed by atoms with E-state index in [1.54, 1.807) is 22.5 Å². The highest BCUT2D eigenvalue weighted by Gasteiger charge is 2.46. The first-order valence-corrected chi connectivity index (χ1v) is 18.4. The van der Waals surface area contributed by atoms with Gasteiger partial charge in [0.2, 0.25) is 11.0 Å². The van der Waals surface area contributed by atoms with Crippen LogP contribution < -0.4 is 31.3 Å². The Kier molecular flexibility index (Phi) is 9.05. The maximum Gasteiger partial charge on any atom is 0.282 e. The molecule has 5 N–H and O–H groups in total. The SMILES string of the molecule is O=C(Cc1csc(N2CC(F)(F)C2)n1)NC1NNC([C@H]2CCC[C@H](c3nnc(NC(O)Cc4csc(N5CC(F)(F)C5)n4)s3)C2)S1. The zero-order valence-electron chi connectivity index (χ0n) is 24.3. The molecule has 0 aromatic carbocycles. The Morgan fingerprint density at radius 2 is 1.67 bits per heavy atom. The van der Waals surface area contributed by atoms with E-state index in [4.69, 9.17) is 0 Å².